The lowest BCUT2D eigenvalue weighted by molar-refractivity contribution is 0.0525. The Morgan fingerprint density at radius 3 is 2.35 bits per heavy atom. The predicted molar refractivity (Wildman–Crippen MR) is 127 cm³/mol. The minimum absolute atomic E-state index is 0.321. The average Bonchev–Trinajstić information content (AvgIpc) is 3.16. The molecule has 0 fully saturated rings. The normalized spacial score (nSPS) is 10.3. The summed E-state index contributed by atoms with van der Waals surface area (Å²) in [4.78, 5) is 25.0. The van der Waals surface area contributed by atoms with Crippen LogP contribution in [0.15, 0.2) is 60.7 Å². The van der Waals surface area contributed by atoms with Crippen LogP contribution in [0.4, 0.5) is 10.7 Å². The summed E-state index contributed by atoms with van der Waals surface area (Å²) in [5.74, 6) is -0.804. The van der Waals surface area contributed by atoms with E-state index in [1.54, 1.807) is 31.2 Å². The summed E-state index contributed by atoms with van der Waals surface area (Å²) in [6.45, 7) is 2.08. The molecule has 0 aliphatic rings. The first kappa shape index (κ1) is 22.5. The fourth-order valence-electron chi connectivity index (χ4n) is 2.85. The van der Waals surface area contributed by atoms with E-state index in [1.807, 2.05) is 36.4 Å². The first-order valence-corrected chi connectivity index (χ1v) is 10.8. The van der Waals surface area contributed by atoms with E-state index in [4.69, 9.17) is 21.7 Å². The molecule has 3 rings (SSSR count). The Hall–Kier alpha value is -3.23. The third kappa shape index (κ3) is 6.13. The van der Waals surface area contributed by atoms with E-state index in [-0.39, 0.29) is 5.97 Å². The quantitative estimate of drug-likeness (QED) is 0.379. The van der Waals surface area contributed by atoms with Crippen molar-refractivity contribution in [3.05, 3.63) is 82.2 Å². The summed E-state index contributed by atoms with van der Waals surface area (Å²) in [5.41, 5.74) is 2.74. The Kier molecular flexibility index (Phi) is 7.75. The van der Waals surface area contributed by atoms with Gasteiger partial charge in [-0.05, 0) is 55.0 Å². The Bertz CT molecular complexity index is 1060. The third-order valence-corrected chi connectivity index (χ3v) is 5.55. The molecule has 0 radical (unpaired) electrons. The molecular formula is C23H22N2O4S2. The van der Waals surface area contributed by atoms with Crippen molar-refractivity contribution in [3.63, 3.8) is 0 Å². The Labute approximate surface area is 190 Å². The van der Waals surface area contributed by atoms with Crippen LogP contribution in [0.5, 0.6) is 0 Å². The van der Waals surface area contributed by atoms with Crippen molar-refractivity contribution in [3.8, 4) is 0 Å². The average molecular weight is 455 g/mol. The van der Waals surface area contributed by atoms with Gasteiger partial charge < -0.3 is 20.1 Å². The zero-order valence-corrected chi connectivity index (χ0v) is 18.8. The molecule has 0 aliphatic heterocycles. The molecule has 1 heterocycles. The predicted octanol–water partition coefficient (Wildman–Crippen LogP) is 5.11. The van der Waals surface area contributed by atoms with E-state index in [0.29, 0.717) is 40.0 Å². The lowest BCUT2D eigenvalue weighted by atomic mass is 10.1. The van der Waals surface area contributed by atoms with Crippen molar-refractivity contribution >= 4 is 51.3 Å². The van der Waals surface area contributed by atoms with Crippen LogP contribution in [0.25, 0.3) is 0 Å². The van der Waals surface area contributed by atoms with Gasteiger partial charge in [-0.3, -0.25) is 0 Å². The maximum Gasteiger partial charge on any atom is 0.340 e. The molecule has 1 aromatic heterocycles. The summed E-state index contributed by atoms with van der Waals surface area (Å²) in [6.07, 6.45) is 0.701. The smallest absolute Gasteiger partial charge is 0.340 e. The van der Waals surface area contributed by atoms with Crippen LogP contribution >= 0.6 is 23.6 Å². The van der Waals surface area contributed by atoms with Gasteiger partial charge in [-0.15, -0.1) is 11.3 Å². The summed E-state index contributed by atoms with van der Waals surface area (Å²) in [7, 11) is 1.35. The van der Waals surface area contributed by atoms with Crippen molar-refractivity contribution in [1.29, 1.82) is 0 Å². The molecular weight excluding hydrogens is 432 g/mol. The molecule has 2 N–H and O–H groups in total. The molecule has 0 bridgehead atoms. The van der Waals surface area contributed by atoms with Gasteiger partial charge >= 0.3 is 11.9 Å². The molecule has 0 saturated carbocycles. The number of anilines is 2. The lowest BCUT2D eigenvalue weighted by Gasteiger charge is -2.11. The number of hydrogen-bond donors (Lipinski definition) is 2. The van der Waals surface area contributed by atoms with Crippen LogP contribution in [0.1, 0.15) is 38.1 Å². The highest BCUT2D eigenvalue weighted by Gasteiger charge is 2.18. The van der Waals surface area contributed by atoms with Gasteiger partial charge in [-0.25, -0.2) is 9.59 Å². The zero-order valence-electron chi connectivity index (χ0n) is 17.1. The number of carbonyl (C=O) groups is 2. The first-order valence-electron chi connectivity index (χ1n) is 9.60. The number of rotatable bonds is 7. The van der Waals surface area contributed by atoms with Crippen LogP contribution in [0.2, 0.25) is 0 Å². The fourth-order valence-corrected chi connectivity index (χ4v) is 4.22. The van der Waals surface area contributed by atoms with Crippen LogP contribution < -0.4 is 10.6 Å². The van der Waals surface area contributed by atoms with Crippen molar-refractivity contribution in [2.24, 2.45) is 0 Å². The second kappa shape index (κ2) is 10.7. The number of nitrogens with one attached hydrogen (secondary N) is 2. The van der Waals surface area contributed by atoms with Gasteiger partial charge in [0.2, 0.25) is 0 Å². The minimum atomic E-state index is -0.431. The van der Waals surface area contributed by atoms with E-state index in [2.05, 4.69) is 10.6 Å². The number of methoxy groups -OCH3 is 1. The maximum absolute atomic E-state index is 12.2. The van der Waals surface area contributed by atoms with Crippen LogP contribution in [-0.4, -0.2) is 30.8 Å². The van der Waals surface area contributed by atoms with Crippen molar-refractivity contribution in [1.82, 2.24) is 0 Å². The van der Waals surface area contributed by atoms with Gasteiger partial charge in [0.1, 0.15) is 5.00 Å². The van der Waals surface area contributed by atoms with Crippen molar-refractivity contribution in [2.75, 3.05) is 24.4 Å². The molecule has 8 heteroatoms. The number of hydrogen-bond acceptors (Lipinski definition) is 6. The van der Waals surface area contributed by atoms with Gasteiger partial charge in [-0.1, -0.05) is 30.3 Å². The molecule has 0 amide bonds. The van der Waals surface area contributed by atoms with Crippen LogP contribution in [0, 0.1) is 0 Å². The van der Waals surface area contributed by atoms with Crippen molar-refractivity contribution < 1.29 is 19.1 Å². The first-order chi connectivity index (χ1) is 15.0. The Morgan fingerprint density at radius 2 is 1.71 bits per heavy atom. The van der Waals surface area contributed by atoms with E-state index in [0.717, 1.165) is 10.4 Å². The summed E-state index contributed by atoms with van der Waals surface area (Å²) in [5, 5.41) is 7.07. The molecule has 2 aromatic carbocycles. The highest BCUT2D eigenvalue weighted by atomic mass is 32.1. The largest absolute Gasteiger partial charge is 0.465 e. The van der Waals surface area contributed by atoms with Crippen LogP contribution in [0.3, 0.4) is 0 Å². The zero-order chi connectivity index (χ0) is 22.2. The Morgan fingerprint density at radius 1 is 1.00 bits per heavy atom. The third-order valence-electron chi connectivity index (χ3n) is 4.29. The van der Waals surface area contributed by atoms with E-state index < -0.39 is 5.97 Å². The highest BCUT2D eigenvalue weighted by molar-refractivity contribution is 7.80. The number of ether oxygens (including phenoxy) is 2. The Balaban J connectivity index is 1.71. The maximum atomic E-state index is 12.2. The number of thiophene rings is 1. The van der Waals surface area contributed by atoms with E-state index in [1.165, 1.54) is 18.4 Å². The van der Waals surface area contributed by atoms with Gasteiger partial charge in [0.05, 0.1) is 24.8 Å². The summed E-state index contributed by atoms with van der Waals surface area (Å²) < 4.78 is 9.90. The molecule has 0 unspecified atom stereocenters. The monoisotopic (exact) mass is 454 g/mol. The van der Waals surface area contributed by atoms with Crippen LogP contribution in [-0.2, 0) is 15.9 Å². The molecule has 0 atom stereocenters. The standard InChI is InChI=1S/C23H22N2O4S2/c1-3-29-21(26)16-9-11-17(12-10-16)24-23(30)25-20-19(22(27)28-2)14-18(31-20)13-15-7-5-4-6-8-15/h4-12,14H,3,13H2,1-2H3,(H2,24,25,30). The summed E-state index contributed by atoms with van der Waals surface area (Å²) in [6, 6.07) is 18.6. The molecule has 0 saturated heterocycles. The number of thiocarbonyl (C=S) groups is 1. The number of benzene rings is 2. The molecule has 6 nitrogen and oxygen atoms in total. The second-order valence-electron chi connectivity index (χ2n) is 6.49. The molecule has 0 spiro atoms. The molecule has 160 valence electrons. The van der Waals surface area contributed by atoms with Gasteiger partial charge in [0, 0.05) is 17.0 Å². The SMILES string of the molecule is CCOC(=O)c1ccc(NC(=S)Nc2sc(Cc3ccccc3)cc2C(=O)OC)cc1. The highest BCUT2D eigenvalue weighted by Crippen LogP contribution is 2.30. The fraction of sp³-hybridized carbons (Fsp3) is 0.174. The number of carbonyl (C=O) groups excluding carboxylic acids is 2. The molecule has 3 aromatic rings. The van der Waals surface area contributed by atoms with E-state index >= 15 is 0 Å². The molecule has 31 heavy (non-hydrogen) atoms. The lowest BCUT2D eigenvalue weighted by Crippen LogP contribution is -2.20. The van der Waals surface area contributed by atoms with Gasteiger partial charge in [-0.2, -0.15) is 0 Å². The van der Waals surface area contributed by atoms with E-state index in [9.17, 15) is 9.59 Å². The second-order valence-corrected chi connectivity index (χ2v) is 8.03. The summed E-state index contributed by atoms with van der Waals surface area (Å²) >= 11 is 6.85. The number of esters is 2. The van der Waals surface area contributed by atoms with Gasteiger partial charge in [0.25, 0.3) is 0 Å². The molecule has 0 aliphatic carbocycles. The topological polar surface area (TPSA) is 76.7 Å². The van der Waals surface area contributed by atoms with Crippen molar-refractivity contribution in [2.45, 2.75) is 13.3 Å². The van der Waals surface area contributed by atoms with Gasteiger partial charge in [0.15, 0.2) is 5.11 Å². The minimum Gasteiger partial charge on any atom is -0.465 e.